The standard InChI is InChI=1S/C19H23N5O3S/c20-14-5-2-6-15(14)23-16-8-12-9-21-19(25)17(12)18(24-16)22-13-4-1-3-11(7-13)10-28(26)27/h1,3-4,7-8,14-15H,2,5-6,9-10,20H2,(H,21,25)(H,26,27)(H2,22,23,24)/p-1/t14-,15+/m0/s1. The number of carbonyl (C=O) groups excluding carboxylic acids is 1. The van der Waals surface area contributed by atoms with Gasteiger partial charge in [-0.25, -0.2) is 4.98 Å². The summed E-state index contributed by atoms with van der Waals surface area (Å²) in [5, 5.41) is 9.41. The molecule has 3 atom stereocenters. The summed E-state index contributed by atoms with van der Waals surface area (Å²) in [4.78, 5) is 16.9. The van der Waals surface area contributed by atoms with Gasteiger partial charge in [-0.3, -0.25) is 9.00 Å². The molecule has 0 spiro atoms. The molecule has 0 saturated heterocycles. The van der Waals surface area contributed by atoms with Crippen LogP contribution in [0.5, 0.6) is 0 Å². The molecule has 5 N–H and O–H groups in total. The van der Waals surface area contributed by atoms with Crippen LogP contribution in [0.2, 0.25) is 0 Å². The molecule has 9 heteroatoms. The minimum Gasteiger partial charge on any atom is -0.772 e. The van der Waals surface area contributed by atoms with Gasteiger partial charge in [-0.1, -0.05) is 23.2 Å². The van der Waals surface area contributed by atoms with Gasteiger partial charge in [-0.05, 0) is 48.6 Å². The number of benzene rings is 1. The van der Waals surface area contributed by atoms with Crippen LogP contribution in [0.1, 0.15) is 40.7 Å². The Hall–Kier alpha value is -2.49. The second kappa shape index (κ2) is 7.86. The van der Waals surface area contributed by atoms with Crippen LogP contribution in [0.25, 0.3) is 0 Å². The number of aromatic nitrogens is 1. The minimum atomic E-state index is -2.17. The molecule has 1 unspecified atom stereocenters. The van der Waals surface area contributed by atoms with Crippen molar-refractivity contribution in [1.29, 1.82) is 0 Å². The number of rotatable bonds is 6. The van der Waals surface area contributed by atoms with E-state index in [0.717, 1.165) is 24.8 Å². The molecule has 1 aliphatic carbocycles. The first-order chi connectivity index (χ1) is 13.5. The van der Waals surface area contributed by atoms with Crippen molar-refractivity contribution in [1.82, 2.24) is 10.3 Å². The third-order valence-corrected chi connectivity index (χ3v) is 5.71. The second-order valence-corrected chi connectivity index (χ2v) is 8.09. The Bertz CT molecular complexity index is 936. The number of nitrogens with one attached hydrogen (secondary N) is 3. The van der Waals surface area contributed by atoms with Crippen molar-refractivity contribution >= 4 is 34.3 Å². The SMILES string of the molecule is N[C@H]1CCC[C@H]1Nc1cc2c(c(Nc3cccc(CS(=O)[O-])c3)n1)C(=O)NC2. The largest absolute Gasteiger partial charge is 0.772 e. The van der Waals surface area contributed by atoms with Gasteiger partial charge in [0.2, 0.25) is 0 Å². The molecule has 1 aromatic carbocycles. The maximum absolute atomic E-state index is 12.3. The molecule has 0 radical (unpaired) electrons. The van der Waals surface area contributed by atoms with Crippen LogP contribution >= 0.6 is 0 Å². The molecule has 8 nitrogen and oxygen atoms in total. The minimum absolute atomic E-state index is 0.0668. The molecular weight excluding hydrogens is 378 g/mol. The lowest BCUT2D eigenvalue weighted by Gasteiger charge is -2.19. The van der Waals surface area contributed by atoms with Crippen molar-refractivity contribution in [3.8, 4) is 0 Å². The Balaban J connectivity index is 1.64. The van der Waals surface area contributed by atoms with Gasteiger partial charge in [0.25, 0.3) is 5.91 Å². The highest BCUT2D eigenvalue weighted by Gasteiger charge is 2.28. The molecule has 2 aliphatic rings. The van der Waals surface area contributed by atoms with Gasteiger partial charge < -0.3 is 26.2 Å². The lowest BCUT2D eigenvalue weighted by molar-refractivity contribution is 0.0966. The molecular formula is C19H22N5O3S-. The van der Waals surface area contributed by atoms with Crippen molar-refractivity contribution in [3.05, 3.63) is 47.0 Å². The van der Waals surface area contributed by atoms with E-state index >= 15 is 0 Å². The molecule has 1 aliphatic heterocycles. The van der Waals surface area contributed by atoms with Gasteiger partial charge in [0.05, 0.1) is 5.56 Å². The molecule has 4 rings (SSSR count). The van der Waals surface area contributed by atoms with E-state index in [2.05, 4.69) is 20.9 Å². The number of nitrogens with two attached hydrogens (primary N) is 1. The van der Waals surface area contributed by atoms with E-state index in [1.165, 1.54) is 0 Å². The number of pyridine rings is 1. The van der Waals surface area contributed by atoms with Crippen LogP contribution in [-0.2, 0) is 23.4 Å². The molecule has 2 heterocycles. The molecule has 0 bridgehead atoms. The van der Waals surface area contributed by atoms with E-state index < -0.39 is 11.1 Å². The average molecular weight is 400 g/mol. The summed E-state index contributed by atoms with van der Waals surface area (Å²) in [6.07, 6.45) is 3.07. The van der Waals surface area contributed by atoms with Gasteiger partial charge in [0.15, 0.2) is 0 Å². The van der Waals surface area contributed by atoms with Crippen LogP contribution in [0, 0.1) is 0 Å². The Morgan fingerprint density at radius 1 is 1.32 bits per heavy atom. The van der Waals surface area contributed by atoms with Crippen molar-refractivity contribution in [2.45, 2.75) is 43.6 Å². The molecule has 1 aromatic heterocycles. The third kappa shape index (κ3) is 4.01. The Kier molecular flexibility index (Phi) is 5.29. The fraction of sp³-hybridized carbons (Fsp3) is 0.368. The maximum atomic E-state index is 12.3. The summed E-state index contributed by atoms with van der Waals surface area (Å²) in [6.45, 7) is 0.450. The summed E-state index contributed by atoms with van der Waals surface area (Å²) < 4.78 is 21.9. The molecule has 1 amide bonds. The molecule has 148 valence electrons. The van der Waals surface area contributed by atoms with Gasteiger partial charge in [0, 0.05) is 30.1 Å². The van der Waals surface area contributed by atoms with Crippen molar-refractivity contribution in [3.63, 3.8) is 0 Å². The lowest BCUT2D eigenvalue weighted by Crippen LogP contribution is -2.35. The monoisotopic (exact) mass is 400 g/mol. The molecule has 1 saturated carbocycles. The molecule has 28 heavy (non-hydrogen) atoms. The van der Waals surface area contributed by atoms with E-state index in [-0.39, 0.29) is 23.7 Å². The van der Waals surface area contributed by atoms with Gasteiger partial charge in [-0.2, -0.15) is 0 Å². The van der Waals surface area contributed by atoms with Gasteiger partial charge in [-0.15, -0.1) is 0 Å². The highest BCUT2D eigenvalue weighted by Crippen LogP contribution is 2.30. The first kappa shape index (κ1) is 18.9. The fourth-order valence-corrected chi connectivity index (χ4v) is 4.24. The first-order valence-corrected chi connectivity index (χ1v) is 10.5. The second-order valence-electron chi connectivity index (χ2n) is 7.19. The quantitative estimate of drug-likeness (QED) is 0.543. The van der Waals surface area contributed by atoms with Crippen LogP contribution in [0.3, 0.4) is 0 Å². The van der Waals surface area contributed by atoms with E-state index in [1.807, 2.05) is 12.1 Å². The van der Waals surface area contributed by atoms with Crippen molar-refractivity contribution < 1.29 is 13.6 Å². The number of fused-ring (bicyclic) bond motifs is 1. The number of hydrogen-bond donors (Lipinski definition) is 4. The predicted octanol–water partition coefficient (Wildman–Crippen LogP) is 1.74. The van der Waals surface area contributed by atoms with E-state index in [0.29, 0.717) is 35.0 Å². The third-order valence-electron chi connectivity index (χ3n) is 5.14. The van der Waals surface area contributed by atoms with Crippen LogP contribution < -0.4 is 21.7 Å². The summed E-state index contributed by atoms with van der Waals surface area (Å²) in [5.74, 6) is 0.882. The number of anilines is 3. The first-order valence-electron chi connectivity index (χ1n) is 9.25. The highest BCUT2D eigenvalue weighted by atomic mass is 32.2. The summed E-state index contributed by atoms with van der Waals surface area (Å²) in [6, 6.07) is 9.21. The topological polar surface area (TPSA) is 132 Å². The molecule has 2 aromatic rings. The Morgan fingerprint density at radius 3 is 2.93 bits per heavy atom. The van der Waals surface area contributed by atoms with Gasteiger partial charge in [0.1, 0.15) is 11.6 Å². The zero-order chi connectivity index (χ0) is 19.7. The number of hydrogen-bond acceptors (Lipinski definition) is 7. The maximum Gasteiger partial charge on any atom is 0.255 e. The Labute approximate surface area is 165 Å². The van der Waals surface area contributed by atoms with Crippen molar-refractivity contribution in [2.75, 3.05) is 10.6 Å². The number of nitrogens with zero attached hydrogens (tertiary/aromatic N) is 1. The van der Waals surface area contributed by atoms with Gasteiger partial charge >= 0.3 is 0 Å². The molecule has 1 fully saturated rings. The van der Waals surface area contributed by atoms with Crippen molar-refractivity contribution in [2.24, 2.45) is 5.73 Å². The van der Waals surface area contributed by atoms with E-state index in [1.54, 1.807) is 18.2 Å². The van der Waals surface area contributed by atoms with Crippen LogP contribution in [-0.4, -0.2) is 31.7 Å². The van der Waals surface area contributed by atoms with E-state index in [4.69, 9.17) is 5.73 Å². The number of amides is 1. The normalized spacial score (nSPS) is 21.9. The Morgan fingerprint density at radius 2 is 2.18 bits per heavy atom. The summed E-state index contributed by atoms with van der Waals surface area (Å²) in [7, 11) is 0. The zero-order valence-electron chi connectivity index (χ0n) is 15.2. The lowest BCUT2D eigenvalue weighted by atomic mass is 10.1. The summed E-state index contributed by atoms with van der Waals surface area (Å²) in [5.41, 5.74) is 8.87. The van der Waals surface area contributed by atoms with E-state index in [9.17, 15) is 13.6 Å². The number of carbonyl (C=O) groups is 1. The fourth-order valence-electron chi connectivity index (χ4n) is 3.79. The predicted molar refractivity (Wildman–Crippen MR) is 107 cm³/mol. The van der Waals surface area contributed by atoms with Crippen LogP contribution in [0.4, 0.5) is 17.3 Å². The average Bonchev–Trinajstić information content (AvgIpc) is 3.21. The highest BCUT2D eigenvalue weighted by molar-refractivity contribution is 7.78. The zero-order valence-corrected chi connectivity index (χ0v) is 16.1. The summed E-state index contributed by atoms with van der Waals surface area (Å²) >= 11 is -2.17. The smallest absolute Gasteiger partial charge is 0.255 e. The van der Waals surface area contributed by atoms with Crippen LogP contribution in [0.15, 0.2) is 30.3 Å².